The van der Waals surface area contributed by atoms with Gasteiger partial charge in [-0.05, 0) is 30.5 Å². The summed E-state index contributed by atoms with van der Waals surface area (Å²) in [6.45, 7) is 1.18. The zero-order valence-electron chi connectivity index (χ0n) is 11.9. The molecule has 1 amide bonds. The first-order valence-corrected chi connectivity index (χ1v) is 8.75. The number of piperidine rings is 1. The molecule has 0 aromatic heterocycles. The lowest BCUT2D eigenvalue weighted by molar-refractivity contribution is -0.132. The Morgan fingerprint density at radius 3 is 2.38 bits per heavy atom. The van der Waals surface area contributed by atoms with Crippen LogP contribution in [0.25, 0.3) is 0 Å². The van der Waals surface area contributed by atoms with Crippen molar-refractivity contribution in [3.63, 3.8) is 0 Å². The van der Waals surface area contributed by atoms with Gasteiger partial charge in [0.05, 0.1) is 18.8 Å². The molecule has 0 saturated carbocycles. The molecule has 0 atom stereocenters. The van der Waals surface area contributed by atoms with Crippen LogP contribution in [-0.2, 0) is 21.2 Å². The molecular weight excluding hydrogens is 292 g/mol. The number of hydrogen-bond acceptors (Lipinski definition) is 4. The van der Waals surface area contributed by atoms with E-state index in [9.17, 15) is 18.3 Å². The second kappa shape index (κ2) is 6.44. The van der Waals surface area contributed by atoms with E-state index in [1.807, 2.05) is 0 Å². The second-order valence-electron chi connectivity index (χ2n) is 5.36. The van der Waals surface area contributed by atoms with Gasteiger partial charge in [0, 0.05) is 18.8 Å². The SMILES string of the molecule is CS(=O)(=O)Nc1ccc(CC(=O)N2CCC(O)CC2)cc1. The van der Waals surface area contributed by atoms with Gasteiger partial charge in [-0.15, -0.1) is 0 Å². The number of carbonyl (C=O) groups excluding carboxylic acids is 1. The van der Waals surface area contributed by atoms with Crippen LogP contribution in [0.4, 0.5) is 5.69 Å². The molecule has 2 N–H and O–H groups in total. The Bertz CT molecular complexity index is 590. The number of anilines is 1. The third-order valence-corrected chi connectivity index (χ3v) is 4.04. The quantitative estimate of drug-likeness (QED) is 0.851. The molecule has 1 saturated heterocycles. The minimum Gasteiger partial charge on any atom is -0.393 e. The average molecular weight is 312 g/mol. The number of benzene rings is 1. The number of rotatable bonds is 4. The zero-order valence-corrected chi connectivity index (χ0v) is 12.8. The van der Waals surface area contributed by atoms with E-state index >= 15 is 0 Å². The predicted molar refractivity (Wildman–Crippen MR) is 80.4 cm³/mol. The van der Waals surface area contributed by atoms with Crippen molar-refractivity contribution < 1.29 is 18.3 Å². The molecule has 6 nitrogen and oxygen atoms in total. The number of hydrogen-bond donors (Lipinski definition) is 2. The van der Waals surface area contributed by atoms with Crippen molar-refractivity contribution in [1.29, 1.82) is 0 Å². The highest BCUT2D eigenvalue weighted by atomic mass is 32.2. The van der Waals surface area contributed by atoms with E-state index in [4.69, 9.17) is 0 Å². The fourth-order valence-corrected chi connectivity index (χ4v) is 2.87. The first kappa shape index (κ1) is 15.8. The van der Waals surface area contributed by atoms with Crippen LogP contribution in [0.15, 0.2) is 24.3 Å². The largest absolute Gasteiger partial charge is 0.393 e. The Morgan fingerprint density at radius 1 is 1.29 bits per heavy atom. The van der Waals surface area contributed by atoms with Crippen LogP contribution in [0.3, 0.4) is 0 Å². The molecule has 1 aromatic carbocycles. The summed E-state index contributed by atoms with van der Waals surface area (Å²) in [5.74, 6) is 0.0331. The van der Waals surface area contributed by atoms with Crippen LogP contribution in [0, 0.1) is 0 Å². The molecule has 1 aliphatic heterocycles. The van der Waals surface area contributed by atoms with Gasteiger partial charge < -0.3 is 10.0 Å². The van der Waals surface area contributed by atoms with Crippen LogP contribution in [-0.4, -0.2) is 49.8 Å². The Morgan fingerprint density at radius 2 is 1.86 bits per heavy atom. The number of amides is 1. The van der Waals surface area contributed by atoms with Gasteiger partial charge in [-0.3, -0.25) is 9.52 Å². The third kappa shape index (κ3) is 5.02. The minimum atomic E-state index is -3.28. The van der Waals surface area contributed by atoms with E-state index in [0.717, 1.165) is 11.8 Å². The lowest BCUT2D eigenvalue weighted by Gasteiger charge is -2.29. The molecule has 1 fully saturated rings. The highest BCUT2D eigenvalue weighted by Gasteiger charge is 2.21. The Labute approximate surface area is 124 Å². The molecule has 0 radical (unpaired) electrons. The van der Waals surface area contributed by atoms with Gasteiger partial charge in [-0.2, -0.15) is 0 Å². The Balaban J connectivity index is 1.92. The molecule has 116 valence electrons. The van der Waals surface area contributed by atoms with Gasteiger partial charge in [0.15, 0.2) is 0 Å². The van der Waals surface area contributed by atoms with Crippen molar-refractivity contribution in [1.82, 2.24) is 4.90 Å². The van der Waals surface area contributed by atoms with E-state index in [0.29, 0.717) is 31.6 Å². The third-order valence-electron chi connectivity index (χ3n) is 3.43. The Hall–Kier alpha value is -1.60. The minimum absolute atomic E-state index is 0.0331. The first-order valence-electron chi connectivity index (χ1n) is 6.86. The summed E-state index contributed by atoms with van der Waals surface area (Å²) in [5.41, 5.74) is 1.32. The van der Waals surface area contributed by atoms with E-state index in [-0.39, 0.29) is 18.4 Å². The van der Waals surface area contributed by atoms with E-state index in [1.54, 1.807) is 29.2 Å². The predicted octanol–water partition coefficient (Wildman–Crippen LogP) is 0.584. The van der Waals surface area contributed by atoms with Gasteiger partial charge in [0.25, 0.3) is 0 Å². The molecule has 0 unspecified atom stereocenters. The summed E-state index contributed by atoms with van der Waals surface area (Å²) in [5, 5.41) is 9.43. The van der Waals surface area contributed by atoms with Crippen LogP contribution in [0.1, 0.15) is 18.4 Å². The van der Waals surface area contributed by atoms with Crippen LogP contribution in [0.2, 0.25) is 0 Å². The highest BCUT2D eigenvalue weighted by Crippen LogP contribution is 2.14. The van der Waals surface area contributed by atoms with Crippen LogP contribution in [0.5, 0.6) is 0 Å². The second-order valence-corrected chi connectivity index (χ2v) is 7.11. The zero-order chi connectivity index (χ0) is 15.5. The normalized spacial score (nSPS) is 16.8. The molecule has 0 spiro atoms. The summed E-state index contributed by atoms with van der Waals surface area (Å²) in [4.78, 5) is 13.9. The molecule has 0 aliphatic carbocycles. The molecule has 1 heterocycles. The van der Waals surface area contributed by atoms with Gasteiger partial charge >= 0.3 is 0 Å². The van der Waals surface area contributed by atoms with Crippen LogP contribution >= 0.6 is 0 Å². The fourth-order valence-electron chi connectivity index (χ4n) is 2.31. The average Bonchev–Trinajstić information content (AvgIpc) is 2.40. The fraction of sp³-hybridized carbons (Fsp3) is 0.500. The molecule has 7 heteroatoms. The van der Waals surface area contributed by atoms with Crippen molar-refractivity contribution in [2.24, 2.45) is 0 Å². The van der Waals surface area contributed by atoms with E-state index in [1.165, 1.54) is 0 Å². The van der Waals surface area contributed by atoms with Crippen molar-refractivity contribution in [2.45, 2.75) is 25.4 Å². The summed E-state index contributed by atoms with van der Waals surface area (Å²) in [7, 11) is -3.28. The smallest absolute Gasteiger partial charge is 0.229 e. The standard InChI is InChI=1S/C14H20N2O4S/c1-21(19,20)15-12-4-2-11(3-5-12)10-14(18)16-8-6-13(17)7-9-16/h2-5,13,15,17H,6-10H2,1H3. The molecule has 2 rings (SSSR count). The number of nitrogens with zero attached hydrogens (tertiary/aromatic N) is 1. The summed E-state index contributed by atoms with van der Waals surface area (Å²) in [6, 6.07) is 6.77. The lowest BCUT2D eigenvalue weighted by Crippen LogP contribution is -2.40. The topological polar surface area (TPSA) is 86.7 Å². The molecule has 1 aliphatic rings. The van der Waals surface area contributed by atoms with Gasteiger partial charge in [-0.1, -0.05) is 12.1 Å². The van der Waals surface area contributed by atoms with Crippen molar-refractivity contribution in [3.05, 3.63) is 29.8 Å². The molecule has 0 bridgehead atoms. The maximum Gasteiger partial charge on any atom is 0.229 e. The summed E-state index contributed by atoms with van der Waals surface area (Å²) >= 11 is 0. The number of aliphatic hydroxyl groups is 1. The summed E-state index contributed by atoms with van der Waals surface area (Å²) in [6.07, 6.45) is 2.34. The molecule has 1 aromatic rings. The van der Waals surface area contributed by atoms with Gasteiger partial charge in [0.1, 0.15) is 0 Å². The maximum atomic E-state index is 12.1. The number of carbonyl (C=O) groups is 1. The van der Waals surface area contributed by atoms with Crippen LogP contribution < -0.4 is 4.72 Å². The van der Waals surface area contributed by atoms with Gasteiger partial charge in [-0.25, -0.2) is 8.42 Å². The van der Waals surface area contributed by atoms with Crippen molar-refractivity contribution in [2.75, 3.05) is 24.1 Å². The Kier molecular flexibility index (Phi) is 4.84. The number of nitrogens with one attached hydrogen (secondary N) is 1. The monoisotopic (exact) mass is 312 g/mol. The van der Waals surface area contributed by atoms with Crippen molar-refractivity contribution >= 4 is 21.6 Å². The number of sulfonamides is 1. The maximum absolute atomic E-state index is 12.1. The van der Waals surface area contributed by atoms with E-state index < -0.39 is 10.0 Å². The number of likely N-dealkylation sites (tertiary alicyclic amines) is 1. The molecular formula is C14H20N2O4S. The summed E-state index contributed by atoms with van der Waals surface area (Å²) < 4.78 is 24.6. The van der Waals surface area contributed by atoms with E-state index in [2.05, 4.69) is 4.72 Å². The highest BCUT2D eigenvalue weighted by molar-refractivity contribution is 7.92. The first-order chi connectivity index (χ1) is 9.83. The number of aliphatic hydroxyl groups excluding tert-OH is 1. The van der Waals surface area contributed by atoms with Crippen molar-refractivity contribution in [3.8, 4) is 0 Å². The molecule has 21 heavy (non-hydrogen) atoms. The van der Waals surface area contributed by atoms with Gasteiger partial charge in [0.2, 0.25) is 15.9 Å². The lowest BCUT2D eigenvalue weighted by atomic mass is 10.1.